The van der Waals surface area contributed by atoms with E-state index < -0.39 is 23.7 Å². The highest BCUT2D eigenvalue weighted by atomic mass is 19.1. The van der Waals surface area contributed by atoms with Gasteiger partial charge >= 0.3 is 5.97 Å². The van der Waals surface area contributed by atoms with Crippen LogP contribution in [0.1, 0.15) is 23.7 Å². The van der Waals surface area contributed by atoms with Crippen molar-refractivity contribution in [3.63, 3.8) is 0 Å². The fourth-order valence-electron chi connectivity index (χ4n) is 2.03. The first-order valence-electron chi connectivity index (χ1n) is 6.25. The molecule has 0 heterocycles. The smallest absolute Gasteiger partial charge is 0.326 e. The molecule has 0 aromatic heterocycles. The predicted octanol–water partition coefficient (Wildman–Crippen LogP) is 2.57. The summed E-state index contributed by atoms with van der Waals surface area (Å²) in [6, 6.07) is 8.21. The van der Waals surface area contributed by atoms with Crippen molar-refractivity contribution in [3.05, 3.63) is 47.8 Å². The molecule has 0 spiro atoms. The number of benzene rings is 2. The number of carbonyl (C=O) groups is 2. The number of halogens is 1. The molecule has 2 aromatic carbocycles. The second-order valence-electron chi connectivity index (χ2n) is 4.41. The molecule has 2 aromatic rings. The Hall–Kier alpha value is -2.43. The first kappa shape index (κ1) is 14.0. The molecule has 2 rings (SSSR count). The van der Waals surface area contributed by atoms with E-state index >= 15 is 0 Å². The maximum Gasteiger partial charge on any atom is 0.326 e. The van der Waals surface area contributed by atoms with E-state index in [-0.39, 0.29) is 12.0 Å². The number of rotatable bonds is 4. The summed E-state index contributed by atoms with van der Waals surface area (Å²) in [6.07, 6.45) is 0.278. The molecule has 0 aliphatic rings. The molecule has 4 nitrogen and oxygen atoms in total. The Kier molecular flexibility index (Phi) is 3.98. The molecule has 2 N–H and O–H groups in total. The summed E-state index contributed by atoms with van der Waals surface area (Å²) in [6.45, 7) is 1.67. The fraction of sp³-hybridized carbons (Fsp3) is 0.200. The van der Waals surface area contributed by atoms with Gasteiger partial charge in [-0.05, 0) is 23.9 Å². The first-order chi connectivity index (χ1) is 9.54. The molecule has 0 saturated heterocycles. The molecule has 104 valence electrons. The molecular weight excluding hydrogens is 261 g/mol. The zero-order valence-electron chi connectivity index (χ0n) is 10.9. The maximum atomic E-state index is 13.7. The first-order valence-corrected chi connectivity index (χ1v) is 6.25. The molecule has 0 aliphatic heterocycles. The van der Waals surface area contributed by atoms with Crippen LogP contribution in [0.2, 0.25) is 0 Å². The van der Waals surface area contributed by atoms with Gasteiger partial charge in [0.1, 0.15) is 11.9 Å². The van der Waals surface area contributed by atoms with Gasteiger partial charge in [-0.3, -0.25) is 4.79 Å². The van der Waals surface area contributed by atoms with Gasteiger partial charge in [0, 0.05) is 10.9 Å². The second-order valence-corrected chi connectivity index (χ2v) is 4.41. The maximum absolute atomic E-state index is 13.7. The quantitative estimate of drug-likeness (QED) is 0.901. The number of aliphatic carboxylic acids is 1. The molecule has 0 fully saturated rings. The standard InChI is InChI=1S/C15H14FNO3/c1-2-13(15(19)20)17-14(18)11-7-8-12(16)10-6-4-3-5-9(10)11/h3-8,13H,2H2,1H3,(H,17,18)(H,19,20)/t13-/m1/s1. The van der Waals surface area contributed by atoms with Crippen molar-refractivity contribution in [3.8, 4) is 0 Å². The molecule has 0 saturated carbocycles. The van der Waals surface area contributed by atoms with Crippen molar-refractivity contribution in [2.75, 3.05) is 0 Å². The Morgan fingerprint density at radius 1 is 1.20 bits per heavy atom. The van der Waals surface area contributed by atoms with Gasteiger partial charge in [-0.2, -0.15) is 0 Å². The van der Waals surface area contributed by atoms with Crippen LogP contribution in [-0.2, 0) is 4.79 Å². The summed E-state index contributed by atoms with van der Waals surface area (Å²) >= 11 is 0. The average molecular weight is 275 g/mol. The predicted molar refractivity (Wildman–Crippen MR) is 73.1 cm³/mol. The van der Waals surface area contributed by atoms with Crippen LogP contribution in [0.5, 0.6) is 0 Å². The minimum Gasteiger partial charge on any atom is -0.480 e. The molecule has 5 heteroatoms. The summed E-state index contributed by atoms with van der Waals surface area (Å²) in [5.41, 5.74) is 0.265. The van der Waals surface area contributed by atoms with Gasteiger partial charge in [-0.1, -0.05) is 31.2 Å². The number of nitrogens with one attached hydrogen (secondary N) is 1. The Balaban J connectivity index is 2.40. The molecule has 0 aliphatic carbocycles. The van der Waals surface area contributed by atoms with Crippen LogP contribution in [0.4, 0.5) is 4.39 Å². The number of carboxylic acids is 1. The van der Waals surface area contributed by atoms with Gasteiger partial charge in [0.2, 0.25) is 0 Å². The van der Waals surface area contributed by atoms with Crippen molar-refractivity contribution in [2.45, 2.75) is 19.4 Å². The monoisotopic (exact) mass is 275 g/mol. The molecular formula is C15H14FNO3. The molecule has 0 unspecified atom stereocenters. The minimum absolute atomic E-state index is 0.265. The van der Waals surface area contributed by atoms with Crippen LogP contribution in [0.15, 0.2) is 36.4 Å². The topological polar surface area (TPSA) is 66.4 Å². The van der Waals surface area contributed by atoms with Gasteiger partial charge in [0.25, 0.3) is 5.91 Å². The highest BCUT2D eigenvalue weighted by Gasteiger charge is 2.20. The highest BCUT2D eigenvalue weighted by molar-refractivity contribution is 6.08. The van der Waals surface area contributed by atoms with E-state index in [1.54, 1.807) is 31.2 Å². The lowest BCUT2D eigenvalue weighted by atomic mass is 10.0. The second kappa shape index (κ2) is 5.69. The number of amides is 1. The zero-order chi connectivity index (χ0) is 14.7. The van der Waals surface area contributed by atoms with Gasteiger partial charge in [0.05, 0.1) is 0 Å². The summed E-state index contributed by atoms with van der Waals surface area (Å²) in [7, 11) is 0. The zero-order valence-corrected chi connectivity index (χ0v) is 10.9. The van der Waals surface area contributed by atoms with Crippen LogP contribution in [0.3, 0.4) is 0 Å². The third kappa shape index (κ3) is 2.61. The Bertz CT molecular complexity index is 669. The molecule has 0 radical (unpaired) electrons. The fourth-order valence-corrected chi connectivity index (χ4v) is 2.03. The van der Waals surface area contributed by atoms with Gasteiger partial charge in [-0.25, -0.2) is 9.18 Å². The van der Waals surface area contributed by atoms with Crippen LogP contribution in [0, 0.1) is 5.82 Å². The van der Waals surface area contributed by atoms with Crippen molar-refractivity contribution in [1.82, 2.24) is 5.32 Å². The average Bonchev–Trinajstić information content (AvgIpc) is 2.45. The van der Waals surface area contributed by atoms with Gasteiger partial charge in [0.15, 0.2) is 0 Å². The van der Waals surface area contributed by atoms with Crippen molar-refractivity contribution in [1.29, 1.82) is 0 Å². The van der Waals surface area contributed by atoms with E-state index in [0.29, 0.717) is 10.8 Å². The number of carboxylic acid groups (broad SMARTS) is 1. The van der Waals surface area contributed by atoms with E-state index in [0.717, 1.165) is 0 Å². The van der Waals surface area contributed by atoms with E-state index in [1.807, 2.05) is 0 Å². The lowest BCUT2D eigenvalue weighted by Crippen LogP contribution is -2.40. The number of carbonyl (C=O) groups excluding carboxylic acids is 1. The Labute approximate surface area is 115 Å². The molecule has 1 amide bonds. The van der Waals surface area contributed by atoms with E-state index in [1.165, 1.54) is 12.1 Å². The summed E-state index contributed by atoms with van der Waals surface area (Å²) < 4.78 is 13.7. The van der Waals surface area contributed by atoms with E-state index in [9.17, 15) is 14.0 Å². The van der Waals surface area contributed by atoms with Gasteiger partial charge < -0.3 is 10.4 Å². The van der Waals surface area contributed by atoms with Crippen LogP contribution in [-0.4, -0.2) is 23.0 Å². The number of hydrogen-bond donors (Lipinski definition) is 2. The Morgan fingerprint density at radius 2 is 1.85 bits per heavy atom. The van der Waals surface area contributed by atoms with Crippen molar-refractivity contribution >= 4 is 22.6 Å². The molecule has 0 bridgehead atoms. The number of fused-ring (bicyclic) bond motifs is 1. The third-order valence-corrected chi connectivity index (χ3v) is 3.13. The van der Waals surface area contributed by atoms with Crippen LogP contribution >= 0.6 is 0 Å². The summed E-state index contributed by atoms with van der Waals surface area (Å²) in [5.74, 6) is -2.02. The lowest BCUT2D eigenvalue weighted by Gasteiger charge is -2.13. The van der Waals surface area contributed by atoms with E-state index in [2.05, 4.69) is 5.32 Å². The van der Waals surface area contributed by atoms with E-state index in [4.69, 9.17) is 5.11 Å². The van der Waals surface area contributed by atoms with Crippen molar-refractivity contribution < 1.29 is 19.1 Å². The van der Waals surface area contributed by atoms with Crippen LogP contribution < -0.4 is 5.32 Å². The SMILES string of the molecule is CC[C@@H](NC(=O)c1ccc(F)c2ccccc12)C(=O)O. The summed E-state index contributed by atoms with van der Waals surface area (Å²) in [4.78, 5) is 23.1. The minimum atomic E-state index is -1.09. The highest BCUT2D eigenvalue weighted by Crippen LogP contribution is 2.21. The Morgan fingerprint density at radius 3 is 2.45 bits per heavy atom. The molecule has 20 heavy (non-hydrogen) atoms. The van der Waals surface area contributed by atoms with Gasteiger partial charge in [-0.15, -0.1) is 0 Å². The lowest BCUT2D eigenvalue weighted by molar-refractivity contribution is -0.139. The van der Waals surface area contributed by atoms with Crippen LogP contribution in [0.25, 0.3) is 10.8 Å². The normalized spacial score (nSPS) is 12.1. The number of hydrogen-bond acceptors (Lipinski definition) is 2. The molecule has 1 atom stereocenters. The summed E-state index contributed by atoms with van der Waals surface area (Å²) in [5, 5.41) is 12.2. The third-order valence-electron chi connectivity index (χ3n) is 3.13. The largest absolute Gasteiger partial charge is 0.480 e. The van der Waals surface area contributed by atoms with Crippen molar-refractivity contribution in [2.24, 2.45) is 0 Å².